The van der Waals surface area contributed by atoms with Crippen molar-refractivity contribution in [2.75, 3.05) is 20.3 Å². The van der Waals surface area contributed by atoms with Gasteiger partial charge in [-0.2, -0.15) is 0 Å². The minimum absolute atomic E-state index is 0.0687. The van der Waals surface area contributed by atoms with E-state index in [9.17, 15) is 9.90 Å². The molecule has 0 saturated carbocycles. The molecule has 0 spiro atoms. The second kappa shape index (κ2) is 7.40. The Labute approximate surface area is 133 Å². The van der Waals surface area contributed by atoms with Crippen LogP contribution in [0.5, 0.6) is 0 Å². The third kappa shape index (κ3) is 3.65. The van der Waals surface area contributed by atoms with E-state index >= 15 is 0 Å². The standard InChI is InChI=1S/C15H17ClN2O4/c1-9-13(15(20)17-7-10(19)8-21-2)14(18-22-9)11-5-3-4-6-12(11)16/h3-6,10,19H,7-8H2,1-2H3,(H,17,20). The van der Waals surface area contributed by atoms with Crippen molar-refractivity contribution in [3.05, 3.63) is 40.6 Å². The summed E-state index contributed by atoms with van der Waals surface area (Å²) in [5.41, 5.74) is 1.29. The summed E-state index contributed by atoms with van der Waals surface area (Å²) in [6.45, 7) is 1.85. The van der Waals surface area contributed by atoms with Gasteiger partial charge in [0.1, 0.15) is 17.0 Å². The molecule has 1 heterocycles. The van der Waals surface area contributed by atoms with Gasteiger partial charge < -0.3 is 19.7 Å². The molecule has 0 fully saturated rings. The molecular weight excluding hydrogens is 308 g/mol. The molecule has 1 aromatic heterocycles. The Morgan fingerprint density at radius 3 is 2.91 bits per heavy atom. The van der Waals surface area contributed by atoms with Gasteiger partial charge in [0.2, 0.25) is 0 Å². The van der Waals surface area contributed by atoms with E-state index in [4.69, 9.17) is 20.9 Å². The molecule has 0 radical (unpaired) electrons. The number of carbonyl (C=O) groups is 1. The molecule has 2 rings (SSSR count). The maximum absolute atomic E-state index is 12.3. The van der Waals surface area contributed by atoms with Crippen LogP contribution in [0, 0.1) is 6.92 Å². The molecule has 0 aliphatic rings. The monoisotopic (exact) mass is 324 g/mol. The highest BCUT2D eigenvalue weighted by molar-refractivity contribution is 6.33. The smallest absolute Gasteiger partial charge is 0.257 e. The molecule has 0 saturated heterocycles. The summed E-state index contributed by atoms with van der Waals surface area (Å²) in [6.07, 6.45) is -0.780. The average molecular weight is 325 g/mol. The van der Waals surface area contributed by atoms with Gasteiger partial charge in [-0.3, -0.25) is 4.79 Å². The second-order valence-corrected chi connectivity index (χ2v) is 5.17. The number of methoxy groups -OCH3 is 1. The summed E-state index contributed by atoms with van der Waals surface area (Å²) in [7, 11) is 1.48. The molecule has 0 aliphatic heterocycles. The lowest BCUT2D eigenvalue weighted by atomic mass is 10.1. The Bertz CT molecular complexity index is 657. The predicted octanol–water partition coefficient (Wildman–Crippen LogP) is 2.04. The molecule has 1 amide bonds. The van der Waals surface area contributed by atoms with Crippen LogP contribution in [-0.4, -0.2) is 42.5 Å². The van der Waals surface area contributed by atoms with E-state index in [0.29, 0.717) is 27.6 Å². The highest BCUT2D eigenvalue weighted by Crippen LogP contribution is 2.30. The molecule has 1 unspecified atom stereocenters. The molecule has 0 aliphatic carbocycles. The van der Waals surface area contributed by atoms with Crippen molar-refractivity contribution >= 4 is 17.5 Å². The number of hydrogen-bond acceptors (Lipinski definition) is 5. The van der Waals surface area contributed by atoms with Gasteiger partial charge in [-0.25, -0.2) is 0 Å². The van der Waals surface area contributed by atoms with Crippen LogP contribution in [0.2, 0.25) is 5.02 Å². The van der Waals surface area contributed by atoms with E-state index in [2.05, 4.69) is 10.5 Å². The average Bonchev–Trinajstić information content (AvgIpc) is 2.87. The third-order valence-corrected chi connectivity index (χ3v) is 3.41. The van der Waals surface area contributed by atoms with Crippen LogP contribution >= 0.6 is 11.6 Å². The van der Waals surface area contributed by atoms with Gasteiger partial charge in [0, 0.05) is 19.2 Å². The number of rotatable bonds is 6. The maximum Gasteiger partial charge on any atom is 0.257 e. The number of nitrogens with zero attached hydrogens (tertiary/aromatic N) is 1. The number of nitrogens with one attached hydrogen (secondary N) is 1. The minimum Gasteiger partial charge on any atom is -0.389 e. The topological polar surface area (TPSA) is 84.6 Å². The quantitative estimate of drug-likeness (QED) is 0.849. The van der Waals surface area contributed by atoms with Crippen molar-refractivity contribution in [1.82, 2.24) is 10.5 Å². The SMILES string of the molecule is COCC(O)CNC(=O)c1c(-c2ccccc2Cl)noc1C. The zero-order valence-electron chi connectivity index (χ0n) is 12.3. The van der Waals surface area contributed by atoms with Crippen molar-refractivity contribution in [3.63, 3.8) is 0 Å². The number of aliphatic hydroxyl groups excluding tert-OH is 1. The Morgan fingerprint density at radius 2 is 2.23 bits per heavy atom. The zero-order chi connectivity index (χ0) is 16.1. The molecular formula is C15H17ClN2O4. The highest BCUT2D eigenvalue weighted by atomic mass is 35.5. The van der Waals surface area contributed by atoms with Gasteiger partial charge >= 0.3 is 0 Å². The van der Waals surface area contributed by atoms with Crippen LogP contribution in [-0.2, 0) is 4.74 Å². The number of carbonyl (C=O) groups excluding carboxylic acids is 1. The van der Waals surface area contributed by atoms with Crippen LogP contribution in [0.25, 0.3) is 11.3 Å². The van der Waals surface area contributed by atoms with Crippen molar-refractivity contribution in [3.8, 4) is 11.3 Å². The number of hydrogen-bond donors (Lipinski definition) is 2. The molecule has 22 heavy (non-hydrogen) atoms. The van der Waals surface area contributed by atoms with E-state index in [-0.39, 0.29) is 19.1 Å². The van der Waals surface area contributed by atoms with Crippen LogP contribution in [0.15, 0.2) is 28.8 Å². The number of benzene rings is 1. The first kappa shape index (κ1) is 16.5. The van der Waals surface area contributed by atoms with Gasteiger partial charge in [-0.15, -0.1) is 0 Å². The number of aryl methyl sites for hydroxylation is 1. The number of ether oxygens (including phenoxy) is 1. The number of halogens is 1. The first-order chi connectivity index (χ1) is 10.5. The lowest BCUT2D eigenvalue weighted by Gasteiger charge is -2.11. The van der Waals surface area contributed by atoms with Gasteiger partial charge in [-0.05, 0) is 13.0 Å². The lowest BCUT2D eigenvalue weighted by Crippen LogP contribution is -2.34. The molecule has 2 aromatic rings. The molecule has 2 N–H and O–H groups in total. The molecule has 0 bridgehead atoms. The van der Waals surface area contributed by atoms with Crippen LogP contribution in [0.1, 0.15) is 16.1 Å². The van der Waals surface area contributed by atoms with Crippen molar-refractivity contribution in [2.24, 2.45) is 0 Å². The van der Waals surface area contributed by atoms with Gasteiger partial charge in [-0.1, -0.05) is 35.0 Å². The lowest BCUT2D eigenvalue weighted by molar-refractivity contribution is 0.0609. The summed E-state index contributed by atoms with van der Waals surface area (Å²) in [5.74, 6) is -0.00234. The summed E-state index contributed by atoms with van der Waals surface area (Å²) in [6, 6.07) is 7.07. The van der Waals surface area contributed by atoms with Gasteiger partial charge in [0.25, 0.3) is 5.91 Å². The number of aliphatic hydroxyl groups is 1. The number of aromatic nitrogens is 1. The van der Waals surface area contributed by atoms with E-state index in [0.717, 1.165) is 0 Å². The largest absolute Gasteiger partial charge is 0.389 e. The van der Waals surface area contributed by atoms with Crippen LogP contribution in [0.4, 0.5) is 0 Å². The van der Waals surface area contributed by atoms with E-state index in [1.807, 2.05) is 0 Å². The first-order valence-electron chi connectivity index (χ1n) is 6.71. The summed E-state index contributed by atoms with van der Waals surface area (Å²) < 4.78 is 9.93. The highest BCUT2D eigenvalue weighted by Gasteiger charge is 2.23. The summed E-state index contributed by atoms with van der Waals surface area (Å²) in [5, 5.41) is 16.6. The number of amides is 1. The van der Waals surface area contributed by atoms with E-state index < -0.39 is 6.10 Å². The summed E-state index contributed by atoms with van der Waals surface area (Å²) >= 11 is 6.14. The van der Waals surface area contributed by atoms with Crippen molar-refractivity contribution in [2.45, 2.75) is 13.0 Å². The van der Waals surface area contributed by atoms with Crippen LogP contribution < -0.4 is 5.32 Å². The third-order valence-electron chi connectivity index (χ3n) is 3.08. The minimum atomic E-state index is -0.780. The fraction of sp³-hybridized carbons (Fsp3) is 0.333. The Balaban J connectivity index is 2.23. The van der Waals surface area contributed by atoms with Crippen LogP contribution in [0.3, 0.4) is 0 Å². The predicted molar refractivity (Wildman–Crippen MR) is 81.9 cm³/mol. The molecule has 7 heteroatoms. The first-order valence-corrected chi connectivity index (χ1v) is 7.08. The van der Waals surface area contributed by atoms with Gasteiger partial charge in [0.15, 0.2) is 0 Å². The molecule has 6 nitrogen and oxygen atoms in total. The zero-order valence-corrected chi connectivity index (χ0v) is 13.1. The fourth-order valence-electron chi connectivity index (χ4n) is 2.03. The molecule has 118 valence electrons. The Kier molecular flexibility index (Phi) is 5.54. The summed E-state index contributed by atoms with van der Waals surface area (Å²) in [4.78, 5) is 12.3. The van der Waals surface area contributed by atoms with Crippen molar-refractivity contribution < 1.29 is 19.2 Å². The van der Waals surface area contributed by atoms with E-state index in [1.165, 1.54) is 7.11 Å². The second-order valence-electron chi connectivity index (χ2n) is 4.76. The molecule has 1 atom stereocenters. The van der Waals surface area contributed by atoms with Gasteiger partial charge in [0.05, 0.1) is 17.7 Å². The maximum atomic E-state index is 12.3. The Morgan fingerprint density at radius 1 is 1.50 bits per heavy atom. The fourth-order valence-corrected chi connectivity index (χ4v) is 2.25. The normalized spacial score (nSPS) is 12.2. The van der Waals surface area contributed by atoms with E-state index in [1.54, 1.807) is 31.2 Å². The Hall–Kier alpha value is -1.89. The van der Waals surface area contributed by atoms with Crippen molar-refractivity contribution in [1.29, 1.82) is 0 Å². The molecule has 1 aromatic carbocycles.